The molecule has 3 aliphatic heterocycles. The first-order valence-corrected chi connectivity index (χ1v) is 11.9. The molecule has 1 amide bonds. The van der Waals surface area contributed by atoms with Crippen LogP contribution in [0.15, 0.2) is 36.7 Å². The molecule has 35 heavy (non-hydrogen) atoms. The average molecular weight is 479 g/mol. The first-order valence-electron chi connectivity index (χ1n) is 11.9. The minimum Gasteiger partial charge on any atom is -0.378 e. The van der Waals surface area contributed by atoms with Crippen molar-refractivity contribution in [2.45, 2.75) is 6.92 Å². The highest BCUT2D eigenvalue weighted by atomic mass is 19.1. The summed E-state index contributed by atoms with van der Waals surface area (Å²) in [5.74, 6) is 1.36. The molecule has 3 aliphatic rings. The minimum atomic E-state index is -0.563. The maximum absolute atomic E-state index is 14.8. The van der Waals surface area contributed by atoms with Crippen molar-refractivity contribution in [3.63, 3.8) is 0 Å². The van der Waals surface area contributed by atoms with Crippen LogP contribution in [-0.2, 0) is 4.74 Å². The van der Waals surface area contributed by atoms with Crippen molar-refractivity contribution in [1.29, 1.82) is 0 Å². The van der Waals surface area contributed by atoms with Gasteiger partial charge in [-0.2, -0.15) is 20.0 Å². The Hall–Kier alpha value is -3.60. The van der Waals surface area contributed by atoms with Crippen molar-refractivity contribution in [2.24, 2.45) is 11.8 Å². The number of amides is 1. The Kier molecular flexibility index (Phi) is 5.56. The molecule has 0 bridgehead atoms. The third kappa shape index (κ3) is 4.09. The van der Waals surface area contributed by atoms with Gasteiger partial charge in [-0.25, -0.2) is 9.37 Å². The number of fused-ring (bicyclic) bond motifs is 1. The van der Waals surface area contributed by atoms with E-state index in [1.54, 1.807) is 17.0 Å². The van der Waals surface area contributed by atoms with Gasteiger partial charge in [-0.3, -0.25) is 4.79 Å². The number of aromatic nitrogens is 5. The number of benzene rings is 1. The number of rotatable bonds is 4. The Morgan fingerprint density at radius 3 is 2.43 bits per heavy atom. The zero-order chi connectivity index (χ0) is 23.9. The van der Waals surface area contributed by atoms with E-state index in [-0.39, 0.29) is 23.3 Å². The number of morpholine rings is 1. The molecular formula is C24H27FN8O2. The third-order valence-corrected chi connectivity index (χ3v) is 7.06. The third-order valence-electron chi connectivity index (χ3n) is 7.06. The zero-order valence-electron chi connectivity index (χ0n) is 19.5. The molecule has 0 radical (unpaired) electrons. The lowest BCUT2D eigenvalue weighted by Gasteiger charge is -2.29. The van der Waals surface area contributed by atoms with Gasteiger partial charge in [0.2, 0.25) is 5.95 Å². The van der Waals surface area contributed by atoms with Crippen LogP contribution in [0.4, 0.5) is 16.2 Å². The van der Waals surface area contributed by atoms with E-state index in [1.165, 1.54) is 23.3 Å². The van der Waals surface area contributed by atoms with E-state index in [2.05, 4.69) is 20.0 Å². The quantitative estimate of drug-likeness (QED) is 0.558. The van der Waals surface area contributed by atoms with Crippen molar-refractivity contribution >= 4 is 17.7 Å². The van der Waals surface area contributed by atoms with Gasteiger partial charge in [-0.05, 0) is 19.1 Å². The van der Waals surface area contributed by atoms with Gasteiger partial charge in [0.25, 0.3) is 5.91 Å². The van der Waals surface area contributed by atoms with E-state index in [1.807, 2.05) is 13.0 Å². The van der Waals surface area contributed by atoms with Crippen LogP contribution in [0.2, 0.25) is 0 Å². The summed E-state index contributed by atoms with van der Waals surface area (Å²) in [5, 5.41) is 8.17. The summed E-state index contributed by atoms with van der Waals surface area (Å²) >= 11 is 0. The van der Waals surface area contributed by atoms with Crippen LogP contribution in [-0.4, -0.2) is 88.3 Å². The number of aryl methyl sites for hydroxylation is 1. The number of carbonyl (C=O) groups excluding carboxylic acids is 1. The summed E-state index contributed by atoms with van der Waals surface area (Å²) < 4.78 is 20.3. The lowest BCUT2D eigenvalue weighted by molar-refractivity contribution is 0.0777. The highest BCUT2D eigenvalue weighted by Gasteiger charge is 2.43. The summed E-state index contributed by atoms with van der Waals surface area (Å²) in [6, 6.07) is 6.55. The van der Waals surface area contributed by atoms with Crippen LogP contribution < -0.4 is 9.80 Å². The molecular weight excluding hydrogens is 451 g/mol. The number of halogens is 1. The van der Waals surface area contributed by atoms with Gasteiger partial charge < -0.3 is 19.4 Å². The fraction of sp³-hybridized carbons (Fsp3) is 0.458. The Morgan fingerprint density at radius 2 is 1.71 bits per heavy atom. The minimum absolute atomic E-state index is 0.0118. The molecule has 0 aliphatic carbocycles. The number of hydrogen-bond donors (Lipinski definition) is 0. The van der Waals surface area contributed by atoms with Gasteiger partial charge >= 0.3 is 0 Å². The summed E-state index contributed by atoms with van der Waals surface area (Å²) in [6.07, 6.45) is 3.01. The van der Waals surface area contributed by atoms with E-state index >= 15 is 0 Å². The van der Waals surface area contributed by atoms with Crippen molar-refractivity contribution < 1.29 is 13.9 Å². The number of nitrogens with zero attached hydrogens (tertiary/aromatic N) is 8. The normalized spacial score (nSPS) is 22.1. The highest BCUT2D eigenvalue weighted by Crippen LogP contribution is 2.35. The summed E-state index contributed by atoms with van der Waals surface area (Å²) in [7, 11) is 0. The van der Waals surface area contributed by atoms with Crippen LogP contribution in [0.25, 0.3) is 5.69 Å². The molecule has 2 unspecified atom stereocenters. The van der Waals surface area contributed by atoms with Crippen LogP contribution in [0.3, 0.4) is 0 Å². The van der Waals surface area contributed by atoms with Gasteiger partial charge in [0.1, 0.15) is 22.9 Å². The SMILES string of the molecule is Cc1cc(N2CCOCC2)nc(N2CC3CN(C(=O)c4c(F)cccc4-n4nccn4)CC3C2)n1. The molecule has 5 heterocycles. The molecule has 3 saturated heterocycles. The number of likely N-dealkylation sites (tertiary alicyclic amines) is 1. The van der Waals surface area contributed by atoms with E-state index in [4.69, 9.17) is 14.7 Å². The molecule has 3 fully saturated rings. The van der Waals surface area contributed by atoms with Gasteiger partial charge in [0.05, 0.1) is 25.6 Å². The molecule has 1 aromatic carbocycles. The lowest BCUT2D eigenvalue weighted by Crippen LogP contribution is -2.37. The van der Waals surface area contributed by atoms with Crippen LogP contribution in [0, 0.1) is 24.6 Å². The van der Waals surface area contributed by atoms with Gasteiger partial charge in [-0.15, -0.1) is 0 Å². The highest BCUT2D eigenvalue weighted by molar-refractivity contribution is 5.98. The van der Waals surface area contributed by atoms with E-state index in [9.17, 15) is 9.18 Å². The van der Waals surface area contributed by atoms with Crippen molar-refractivity contribution in [3.05, 3.63) is 53.7 Å². The number of carbonyl (C=O) groups is 1. The second-order valence-corrected chi connectivity index (χ2v) is 9.35. The van der Waals surface area contributed by atoms with Crippen molar-refractivity contribution in [1.82, 2.24) is 29.9 Å². The zero-order valence-corrected chi connectivity index (χ0v) is 19.5. The van der Waals surface area contributed by atoms with Gasteiger partial charge in [0.15, 0.2) is 0 Å². The lowest BCUT2D eigenvalue weighted by atomic mass is 10.0. The van der Waals surface area contributed by atoms with Crippen molar-refractivity contribution in [3.8, 4) is 5.69 Å². The standard InChI is InChI=1S/C24H27FN8O2/c1-16-11-21(30-7-9-35-10-8-30)29-24(28-16)32-14-17-12-31(13-18(17)15-32)23(34)22-19(25)3-2-4-20(22)33-26-5-6-27-33/h2-6,11,17-18H,7-10,12-15H2,1H3. The largest absolute Gasteiger partial charge is 0.378 e. The van der Waals surface area contributed by atoms with Gasteiger partial charge in [0, 0.05) is 62.9 Å². The van der Waals surface area contributed by atoms with E-state index < -0.39 is 5.82 Å². The fourth-order valence-electron chi connectivity index (χ4n) is 5.34. The predicted molar refractivity (Wildman–Crippen MR) is 126 cm³/mol. The smallest absolute Gasteiger partial charge is 0.259 e. The van der Waals surface area contributed by atoms with Gasteiger partial charge in [-0.1, -0.05) is 6.07 Å². The summed E-state index contributed by atoms with van der Waals surface area (Å²) in [5.41, 5.74) is 1.30. The second kappa shape index (κ2) is 8.88. The predicted octanol–water partition coefficient (Wildman–Crippen LogP) is 1.55. The molecule has 10 nitrogen and oxygen atoms in total. The molecule has 3 aromatic rings. The molecule has 182 valence electrons. The van der Waals surface area contributed by atoms with Crippen LogP contribution in [0.1, 0.15) is 16.1 Å². The van der Waals surface area contributed by atoms with Crippen LogP contribution >= 0.6 is 0 Å². The van der Waals surface area contributed by atoms with E-state index in [0.717, 1.165) is 43.6 Å². The molecule has 0 saturated carbocycles. The molecule has 0 N–H and O–H groups in total. The molecule has 11 heteroatoms. The Bertz CT molecular complexity index is 1220. The maximum atomic E-state index is 14.8. The molecule has 0 spiro atoms. The maximum Gasteiger partial charge on any atom is 0.259 e. The topological polar surface area (TPSA) is 92.5 Å². The molecule has 2 aromatic heterocycles. The Labute approximate surface area is 202 Å². The van der Waals surface area contributed by atoms with E-state index in [0.29, 0.717) is 32.0 Å². The fourth-order valence-corrected chi connectivity index (χ4v) is 5.34. The Morgan fingerprint density at radius 1 is 1.00 bits per heavy atom. The first kappa shape index (κ1) is 21.9. The molecule has 2 atom stereocenters. The summed E-state index contributed by atoms with van der Waals surface area (Å²) in [4.78, 5) is 30.5. The monoisotopic (exact) mass is 478 g/mol. The van der Waals surface area contributed by atoms with Crippen molar-refractivity contribution in [2.75, 3.05) is 62.3 Å². The first-order chi connectivity index (χ1) is 17.1. The average Bonchev–Trinajstić information content (AvgIpc) is 3.61. The summed E-state index contributed by atoms with van der Waals surface area (Å²) in [6.45, 7) is 7.73. The number of anilines is 2. The van der Waals surface area contributed by atoms with Crippen LogP contribution in [0.5, 0.6) is 0 Å². The number of hydrogen-bond acceptors (Lipinski definition) is 8. The Balaban J connectivity index is 1.17. The second-order valence-electron chi connectivity index (χ2n) is 9.35. The number of ether oxygens (including phenoxy) is 1. The molecule has 6 rings (SSSR count).